The molecule has 2 fully saturated rings. The average molecular weight is 332 g/mol. The lowest BCUT2D eigenvalue weighted by Crippen LogP contribution is -2.48. The van der Waals surface area contributed by atoms with Gasteiger partial charge in [0.05, 0.1) is 6.10 Å². The Hall–Kier alpha value is -0.940. The molecule has 0 aromatic heterocycles. The van der Waals surface area contributed by atoms with Gasteiger partial charge in [0.2, 0.25) is 0 Å². The van der Waals surface area contributed by atoms with Crippen molar-refractivity contribution in [1.29, 1.82) is 0 Å². The van der Waals surface area contributed by atoms with Gasteiger partial charge in [0.1, 0.15) is 0 Å². The molecule has 2 heterocycles. The zero-order valence-electron chi connectivity index (χ0n) is 15.2. The molecule has 4 nitrogen and oxygen atoms in total. The van der Waals surface area contributed by atoms with Crippen LogP contribution in [0.4, 0.5) is 0 Å². The van der Waals surface area contributed by atoms with Crippen molar-refractivity contribution in [3.63, 3.8) is 0 Å². The van der Waals surface area contributed by atoms with Gasteiger partial charge in [-0.1, -0.05) is 30.3 Å². The predicted molar refractivity (Wildman–Crippen MR) is 99.0 cm³/mol. The number of β-amino-alcohol motifs (C(OH)–C–C–N with tert-alkyl or cyclic N) is 1. The predicted octanol–water partition coefficient (Wildman–Crippen LogP) is 2.08. The van der Waals surface area contributed by atoms with Crippen LogP contribution in [0.3, 0.4) is 0 Å². The number of rotatable bonds is 6. The topological polar surface area (TPSA) is 38.7 Å². The Bertz CT molecular complexity index is 485. The molecule has 1 aromatic carbocycles. The Morgan fingerprint density at radius 2 is 1.88 bits per heavy atom. The van der Waals surface area contributed by atoms with Gasteiger partial charge in [-0.2, -0.15) is 0 Å². The van der Waals surface area contributed by atoms with Gasteiger partial charge < -0.3 is 15.3 Å². The summed E-state index contributed by atoms with van der Waals surface area (Å²) in [5.41, 5.74) is 1.34. The summed E-state index contributed by atoms with van der Waals surface area (Å²) < 4.78 is 0. The smallest absolute Gasteiger partial charge is 0.0682 e. The number of benzene rings is 1. The van der Waals surface area contributed by atoms with E-state index in [-0.39, 0.29) is 6.10 Å². The van der Waals surface area contributed by atoms with E-state index in [1.807, 2.05) is 0 Å². The lowest BCUT2D eigenvalue weighted by atomic mass is 10.0. The molecule has 0 aliphatic carbocycles. The molecule has 0 bridgehead atoms. The monoisotopic (exact) mass is 331 g/mol. The molecule has 3 rings (SSSR count). The summed E-state index contributed by atoms with van der Waals surface area (Å²) in [4.78, 5) is 5.01. The third kappa shape index (κ3) is 4.79. The number of hydrogen-bond acceptors (Lipinski definition) is 4. The first-order valence-corrected chi connectivity index (χ1v) is 9.55. The van der Waals surface area contributed by atoms with Crippen LogP contribution in [-0.4, -0.2) is 65.3 Å². The van der Waals surface area contributed by atoms with Crippen LogP contribution in [0.5, 0.6) is 0 Å². The Morgan fingerprint density at radius 1 is 1.17 bits per heavy atom. The van der Waals surface area contributed by atoms with E-state index < -0.39 is 0 Å². The Kier molecular flexibility index (Phi) is 6.28. The number of aliphatic hydroxyl groups excluding tert-OH is 1. The summed E-state index contributed by atoms with van der Waals surface area (Å²) in [6, 6.07) is 12.4. The summed E-state index contributed by atoms with van der Waals surface area (Å²) in [5.74, 6) is 0. The molecule has 2 atom stereocenters. The minimum absolute atomic E-state index is 0.177. The van der Waals surface area contributed by atoms with Crippen molar-refractivity contribution >= 4 is 0 Å². The zero-order valence-corrected chi connectivity index (χ0v) is 15.2. The van der Waals surface area contributed by atoms with Gasteiger partial charge in [-0.15, -0.1) is 0 Å². The van der Waals surface area contributed by atoms with Crippen molar-refractivity contribution in [2.75, 3.05) is 26.2 Å². The number of hydrogen-bond donors (Lipinski definition) is 2. The fourth-order valence-corrected chi connectivity index (χ4v) is 4.10. The summed E-state index contributed by atoms with van der Waals surface area (Å²) in [6.45, 7) is 9.72. The van der Waals surface area contributed by atoms with Crippen LogP contribution in [0.25, 0.3) is 0 Å². The van der Waals surface area contributed by atoms with Crippen LogP contribution < -0.4 is 5.32 Å². The second kappa shape index (κ2) is 8.43. The molecule has 0 amide bonds. The van der Waals surface area contributed by atoms with Crippen LogP contribution >= 0.6 is 0 Å². The highest BCUT2D eigenvalue weighted by atomic mass is 16.3. The molecule has 1 aromatic rings. The highest BCUT2D eigenvalue weighted by molar-refractivity contribution is 5.15. The maximum Gasteiger partial charge on any atom is 0.0682 e. The largest absolute Gasteiger partial charge is 0.392 e. The van der Waals surface area contributed by atoms with Gasteiger partial charge in [-0.25, -0.2) is 0 Å². The second-order valence-corrected chi connectivity index (χ2v) is 7.77. The Labute approximate surface area is 146 Å². The van der Waals surface area contributed by atoms with Crippen molar-refractivity contribution in [2.24, 2.45) is 0 Å². The molecule has 24 heavy (non-hydrogen) atoms. The molecule has 2 N–H and O–H groups in total. The van der Waals surface area contributed by atoms with Gasteiger partial charge in [0.25, 0.3) is 0 Å². The fourth-order valence-electron chi connectivity index (χ4n) is 4.10. The van der Waals surface area contributed by atoms with Gasteiger partial charge >= 0.3 is 0 Å². The van der Waals surface area contributed by atoms with E-state index in [9.17, 15) is 5.11 Å². The number of likely N-dealkylation sites (tertiary alicyclic amines) is 2. The molecule has 134 valence electrons. The standard InChI is InChI=1S/C20H33N3O/c1-16(2)22-10-8-18(9-11-22)21-13-19-12-20(24)15-23(19)14-17-6-4-3-5-7-17/h3-7,16,18-21,24H,8-15H2,1-2H3/t19-,20-/m0/s1. The van der Waals surface area contributed by atoms with Gasteiger partial charge in [-0.05, 0) is 51.8 Å². The molecule has 0 saturated carbocycles. The third-order valence-corrected chi connectivity index (χ3v) is 5.64. The molecule has 4 heteroatoms. The highest BCUT2D eigenvalue weighted by Crippen LogP contribution is 2.21. The molecule has 0 radical (unpaired) electrons. The van der Waals surface area contributed by atoms with E-state index in [4.69, 9.17) is 0 Å². The van der Waals surface area contributed by atoms with Crippen molar-refractivity contribution in [3.05, 3.63) is 35.9 Å². The third-order valence-electron chi connectivity index (χ3n) is 5.64. The van der Waals surface area contributed by atoms with Crippen LogP contribution in [0, 0.1) is 0 Å². The Morgan fingerprint density at radius 3 is 2.54 bits per heavy atom. The lowest BCUT2D eigenvalue weighted by Gasteiger charge is -2.36. The summed E-state index contributed by atoms with van der Waals surface area (Å²) in [7, 11) is 0. The minimum Gasteiger partial charge on any atom is -0.392 e. The first-order valence-electron chi connectivity index (χ1n) is 9.55. The molecule has 2 aliphatic rings. The number of piperidine rings is 1. The highest BCUT2D eigenvalue weighted by Gasteiger charge is 2.31. The van der Waals surface area contributed by atoms with Crippen molar-refractivity contribution in [1.82, 2.24) is 15.1 Å². The van der Waals surface area contributed by atoms with Crippen LogP contribution in [0.2, 0.25) is 0 Å². The second-order valence-electron chi connectivity index (χ2n) is 7.77. The number of nitrogens with one attached hydrogen (secondary N) is 1. The molecular weight excluding hydrogens is 298 g/mol. The first-order chi connectivity index (χ1) is 11.6. The SMILES string of the molecule is CC(C)N1CCC(NC[C@@H]2C[C@H](O)CN2Cc2ccccc2)CC1. The van der Waals surface area contributed by atoms with Gasteiger partial charge in [0.15, 0.2) is 0 Å². The van der Waals surface area contributed by atoms with Crippen molar-refractivity contribution in [3.8, 4) is 0 Å². The molecule has 2 saturated heterocycles. The van der Waals surface area contributed by atoms with E-state index in [0.717, 1.165) is 26.1 Å². The lowest BCUT2D eigenvalue weighted by molar-refractivity contribution is 0.154. The summed E-state index contributed by atoms with van der Waals surface area (Å²) in [5, 5.41) is 13.9. The van der Waals surface area contributed by atoms with Crippen molar-refractivity contribution < 1.29 is 5.11 Å². The van der Waals surface area contributed by atoms with E-state index in [1.165, 1.54) is 31.5 Å². The Balaban J connectivity index is 1.47. The van der Waals surface area contributed by atoms with Crippen LogP contribution in [-0.2, 0) is 6.54 Å². The van der Waals surface area contributed by atoms with Gasteiger partial charge in [0, 0.05) is 37.8 Å². The van der Waals surface area contributed by atoms with Crippen molar-refractivity contribution in [2.45, 2.75) is 63.9 Å². The molecule has 0 unspecified atom stereocenters. The number of aliphatic hydroxyl groups is 1. The quantitative estimate of drug-likeness (QED) is 0.837. The van der Waals surface area contributed by atoms with E-state index in [2.05, 4.69) is 59.3 Å². The van der Waals surface area contributed by atoms with E-state index >= 15 is 0 Å². The van der Waals surface area contributed by atoms with Crippen LogP contribution in [0.1, 0.15) is 38.7 Å². The number of nitrogens with zero attached hydrogens (tertiary/aromatic N) is 2. The van der Waals surface area contributed by atoms with E-state index in [0.29, 0.717) is 18.1 Å². The first kappa shape index (κ1) is 17.9. The molecular formula is C20H33N3O. The average Bonchev–Trinajstić information content (AvgIpc) is 2.93. The maximum atomic E-state index is 10.1. The normalized spacial score (nSPS) is 27.2. The fraction of sp³-hybridized carbons (Fsp3) is 0.700. The summed E-state index contributed by atoms with van der Waals surface area (Å²) >= 11 is 0. The molecule has 0 spiro atoms. The maximum absolute atomic E-state index is 10.1. The van der Waals surface area contributed by atoms with Crippen LogP contribution in [0.15, 0.2) is 30.3 Å². The summed E-state index contributed by atoms with van der Waals surface area (Å²) in [6.07, 6.45) is 3.20. The molecule has 2 aliphatic heterocycles. The minimum atomic E-state index is -0.177. The van der Waals surface area contributed by atoms with Gasteiger partial charge in [-0.3, -0.25) is 4.90 Å². The zero-order chi connectivity index (χ0) is 16.9. The van der Waals surface area contributed by atoms with E-state index in [1.54, 1.807) is 0 Å².